The lowest BCUT2D eigenvalue weighted by Crippen LogP contribution is -2.39. The fourth-order valence-corrected chi connectivity index (χ4v) is 2.97. The third kappa shape index (κ3) is 3.02. The molecule has 5 heteroatoms. The van der Waals surface area contributed by atoms with Crippen molar-refractivity contribution < 1.29 is 4.79 Å². The third-order valence-electron chi connectivity index (χ3n) is 4.09. The molecule has 1 N–H and O–H groups in total. The van der Waals surface area contributed by atoms with Crippen LogP contribution < -0.4 is 5.32 Å². The molecule has 2 aromatic rings. The van der Waals surface area contributed by atoms with Gasteiger partial charge in [0.1, 0.15) is 5.69 Å². The van der Waals surface area contributed by atoms with E-state index in [0.717, 1.165) is 24.1 Å². The van der Waals surface area contributed by atoms with Gasteiger partial charge in [0.25, 0.3) is 5.91 Å². The minimum absolute atomic E-state index is 0.0422. The standard InChI is InChI=1S/C17H20ClN3O/c1-2-3-4-5-14-11-19-17(22)16-10-15(20-21(14)16)12-6-8-13(18)9-7-12/h6-10,14H,2-5,11H2,1H3,(H,19,22). The molecule has 1 unspecified atom stereocenters. The lowest BCUT2D eigenvalue weighted by Gasteiger charge is -2.24. The summed E-state index contributed by atoms with van der Waals surface area (Å²) in [4.78, 5) is 12.1. The maximum absolute atomic E-state index is 12.1. The summed E-state index contributed by atoms with van der Waals surface area (Å²) in [5, 5.41) is 8.34. The van der Waals surface area contributed by atoms with Crippen LogP contribution in [0.5, 0.6) is 0 Å². The molecule has 0 fully saturated rings. The van der Waals surface area contributed by atoms with E-state index in [1.54, 1.807) is 0 Å². The summed E-state index contributed by atoms with van der Waals surface area (Å²) >= 11 is 5.93. The smallest absolute Gasteiger partial charge is 0.269 e. The Bertz CT molecular complexity index is 663. The Balaban J connectivity index is 1.88. The largest absolute Gasteiger partial charge is 0.349 e. The summed E-state index contributed by atoms with van der Waals surface area (Å²) < 4.78 is 1.90. The first-order valence-corrected chi connectivity index (χ1v) is 8.20. The first-order valence-electron chi connectivity index (χ1n) is 7.82. The molecule has 0 saturated carbocycles. The second-order valence-electron chi connectivity index (χ2n) is 5.73. The number of nitrogens with zero attached hydrogens (tertiary/aromatic N) is 2. The van der Waals surface area contributed by atoms with Gasteiger partial charge in [0.05, 0.1) is 11.7 Å². The normalized spacial score (nSPS) is 17.2. The Morgan fingerprint density at radius 3 is 2.82 bits per heavy atom. The molecule has 0 saturated heterocycles. The van der Waals surface area contributed by atoms with E-state index in [1.807, 2.05) is 35.0 Å². The van der Waals surface area contributed by atoms with Crippen LogP contribution in [0.15, 0.2) is 30.3 Å². The van der Waals surface area contributed by atoms with Crippen molar-refractivity contribution in [2.24, 2.45) is 0 Å². The minimum Gasteiger partial charge on any atom is -0.349 e. The van der Waals surface area contributed by atoms with Crippen LogP contribution in [0.3, 0.4) is 0 Å². The van der Waals surface area contributed by atoms with Gasteiger partial charge < -0.3 is 5.32 Å². The van der Waals surface area contributed by atoms with Crippen molar-refractivity contribution in [1.29, 1.82) is 0 Å². The molecule has 4 nitrogen and oxygen atoms in total. The molecule has 1 amide bonds. The highest BCUT2D eigenvalue weighted by Gasteiger charge is 2.26. The van der Waals surface area contributed by atoms with E-state index in [9.17, 15) is 4.79 Å². The van der Waals surface area contributed by atoms with E-state index in [-0.39, 0.29) is 11.9 Å². The molecule has 1 aromatic carbocycles. The van der Waals surface area contributed by atoms with Gasteiger partial charge in [0.15, 0.2) is 0 Å². The highest BCUT2D eigenvalue weighted by Crippen LogP contribution is 2.26. The second-order valence-corrected chi connectivity index (χ2v) is 6.16. The van der Waals surface area contributed by atoms with E-state index in [0.29, 0.717) is 17.3 Å². The van der Waals surface area contributed by atoms with Crippen LogP contribution in [0.4, 0.5) is 0 Å². The molecule has 22 heavy (non-hydrogen) atoms. The molecule has 0 spiro atoms. The Morgan fingerprint density at radius 2 is 2.09 bits per heavy atom. The second kappa shape index (κ2) is 6.53. The van der Waals surface area contributed by atoms with Gasteiger partial charge in [-0.3, -0.25) is 9.48 Å². The van der Waals surface area contributed by atoms with Crippen molar-refractivity contribution in [3.63, 3.8) is 0 Å². The Kier molecular flexibility index (Phi) is 4.48. The molecular weight excluding hydrogens is 298 g/mol. The fourth-order valence-electron chi connectivity index (χ4n) is 2.85. The number of benzene rings is 1. The van der Waals surface area contributed by atoms with E-state index in [1.165, 1.54) is 12.8 Å². The van der Waals surface area contributed by atoms with Crippen LogP contribution in [0.25, 0.3) is 11.3 Å². The highest BCUT2D eigenvalue weighted by molar-refractivity contribution is 6.30. The van der Waals surface area contributed by atoms with Gasteiger partial charge in [0, 0.05) is 17.1 Å². The lowest BCUT2D eigenvalue weighted by atomic mass is 10.1. The number of hydrogen-bond acceptors (Lipinski definition) is 2. The zero-order valence-corrected chi connectivity index (χ0v) is 13.4. The number of amides is 1. The SMILES string of the molecule is CCCCCC1CNC(=O)c2cc(-c3ccc(Cl)cc3)nn21. The summed E-state index contributed by atoms with van der Waals surface area (Å²) in [7, 11) is 0. The Labute approximate surface area is 135 Å². The van der Waals surface area contributed by atoms with Crippen molar-refractivity contribution in [3.05, 3.63) is 41.0 Å². The molecule has 116 valence electrons. The zero-order chi connectivity index (χ0) is 15.5. The predicted molar refractivity (Wildman–Crippen MR) is 88.2 cm³/mol. The zero-order valence-electron chi connectivity index (χ0n) is 12.7. The number of fused-ring (bicyclic) bond motifs is 1. The highest BCUT2D eigenvalue weighted by atomic mass is 35.5. The topological polar surface area (TPSA) is 46.9 Å². The molecule has 2 heterocycles. The first-order chi connectivity index (χ1) is 10.7. The van der Waals surface area contributed by atoms with Gasteiger partial charge in [-0.1, -0.05) is 49.9 Å². The predicted octanol–water partition coefficient (Wildman–Crippen LogP) is 4.07. The monoisotopic (exact) mass is 317 g/mol. The summed E-state index contributed by atoms with van der Waals surface area (Å²) in [6.07, 6.45) is 4.61. The number of unbranched alkanes of at least 4 members (excludes halogenated alkanes) is 2. The molecule has 0 bridgehead atoms. The van der Waals surface area contributed by atoms with Crippen molar-refractivity contribution in [2.45, 2.75) is 38.6 Å². The van der Waals surface area contributed by atoms with Crippen molar-refractivity contribution in [3.8, 4) is 11.3 Å². The van der Waals surface area contributed by atoms with Crippen LogP contribution in [-0.2, 0) is 0 Å². The average molecular weight is 318 g/mol. The van der Waals surface area contributed by atoms with Crippen LogP contribution in [0.1, 0.15) is 49.1 Å². The molecule has 0 radical (unpaired) electrons. The first kappa shape index (κ1) is 15.1. The van der Waals surface area contributed by atoms with Crippen LogP contribution in [0.2, 0.25) is 5.02 Å². The van der Waals surface area contributed by atoms with Gasteiger partial charge in [-0.25, -0.2) is 0 Å². The van der Waals surface area contributed by atoms with E-state index >= 15 is 0 Å². The molecule has 1 aromatic heterocycles. The van der Waals surface area contributed by atoms with Crippen LogP contribution >= 0.6 is 11.6 Å². The molecule has 1 aliphatic heterocycles. The number of aromatic nitrogens is 2. The van der Waals surface area contributed by atoms with E-state index < -0.39 is 0 Å². The number of nitrogens with one attached hydrogen (secondary N) is 1. The van der Waals surface area contributed by atoms with E-state index in [4.69, 9.17) is 11.6 Å². The molecule has 3 rings (SSSR count). The Hall–Kier alpha value is -1.81. The summed E-state index contributed by atoms with van der Waals surface area (Å²) in [6.45, 7) is 2.86. The van der Waals surface area contributed by atoms with Gasteiger partial charge in [-0.15, -0.1) is 0 Å². The molecule has 1 aliphatic rings. The average Bonchev–Trinajstić information content (AvgIpc) is 2.97. The maximum Gasteiger partial charge on any atom is 0.269 e. The minimum atomic E-state index is -0.0422. The lowest BCUT2D eigenvalue weighted by molar-refractivity contribution is 0.0906. The number of carbonyl (C=O) groups is 1. The Morgan fingerprint density at radius 1 is 1.32 bits per heavy atom. The quantitative estimate of drug-likeness (QED) is 0.845. The summed E-state index contributed by atoms with van der Waals surface area (Å²) in [6, 6.07) is 9.66. The molecule has 0 aliphatic carbocycles. The van der Waals surface area contributed by atoms with Gasteiger partial charge in [-0.2, -0.15) is 5.10 Å². The van der Waals surface area contributed by atoms with Crippen molar-refractivity contribution in [2.75, 3.05) is 6.54 Å². The van der Waals surface area contributed by atoms with Crippen LogP contribution in [-0.4, -0.2) is 22.2 Å². The summed E-state index contributed by atoms with van der Waals surface area (Å²) in [5.41, 5.74) is 2.45. The number of halogens is 1. The van der Waals surface area contributed by atoms with Crippen LogP contribution in [0, 0.1) is 0 Å². The van der Waals surface area contributed by atoms with E-state index in [2.05, 4.69) is 17.3 Å². The number of hydrogen-bond donors (Lipinski definition) is 1. The maximum atomic E-state index is 12.1. The van der Waals surface area contributed by atoms with Crippen molar-refractivity contribution >= 4 is 17.5 Å². The summed E-state index contributed by atoms with van der Waals surface area (Å²) in [5.74, 6) is -0.0422. The number of rotatable bonds is 5. The van der Waals surface area contributed by atoms with Gasteiger partial charge in [0.2, 0.25) is 0 Å². The molecule has 1 atom stereocenters. The fraction of sp³-hybridized carbons (Fsp3) is 0.412. The molecular formula is C17H20ClN3O. The van der Waals surface area contributed by atoms with Crippen molar-refractivity contribution in [1.82, 2.24) is 15.1 Å². The van der Waals surface area contributed by atoms with Gasteiger partial charge >= 0.3 is 0 Å². The number of carbonyl (C=O) groups excluding carboxylic acids is 1. The van der Waals surface area contributed by atoms with Gasteiger partial charge in [-0.05, 0) is 24.6 Å². The third-order valence-corrected chi connectivity index (χ3v) is 4.35.